The summed E-state index contributed by atoms with van der Waals surface area (Å²) in [6, 6.07) is 19.8. The summed E-state index contributed by atoms with van der Waals surface area (Å²) in [5, 5.41) is 4.67. The van der Waals surface area contributed by atoms with Gasteiger partial charge in [-0.2, -0.15) is 5.10 Å². The topological polar surface area (TPSA) is 55.2 Å². The number of nitrogens with one attached hydrogen (secondary N) is 1. The maximum absolute atomic E-state index is 13.4. The van der Waals surface area contributed by atoms with Crippen molar-refractivity contribution in [3.63, 3.8) is 0 Å². The van der Waals surface area contributed by atoms with Crippen LogP contribution < -0.4 is 14.9 Å². The van der Waals surface area contributed by atoms with Gasteiger partial charge in [0.05, 0.1) is 18.9 Å². The standard InChI is InChI=1S/C26H26FN3O2/c1-3-5-16-32-21-12-8-18(9-13-21)25-23-17-22(31-4-2)14-15-24(23)28-26(30-29-25)19-6-10-20(27)11-7-19/h6-15,17H,3-5,16H2,1-2H3,(H,28,30). The van der Waals surface area contributed by atoms with Gasteiger partial charge < -0.3 is 9.47 Å². The Hall–Kier alpha value is -3.67. The van der Waals surface area contributed by atoms with Crippen LogP contribution in [0.4, 0.5) is 10.1 Å². The lowest BCUT2D eigenvalue weighted by molar-refractivity contribution is 0.309. The van der Waals surface area contributed by atoms with Crippen molar-refractivity contribution in [2.45, 2.75) is 26.7 Å². The van der Waals surface area contributed by atoms with Gasteiger partial charge in [-0.25, -0.2) is 9.38 Å². The van der Waals surface area contributed by atoms with Gasteiger partial charge in [-0.3, -0.25) is 5.43 Å². The number of rotatable bonds is 8. The summed E-state index contributed by atoms with van der Waals surface area (Å²) in [6.45, 7) is 5.36. The third kappa shape index (κ3) is 4.97. The van der Waals surface area contributed by atoms with Crippen LogP contribution in [-0.4, -0.2) is 24.8 Å². The van der Waals surface area contributed by atoms with Crippen molar-refractivity contribution in [3.05, 3.63) is 89.2 Å². The second-order valence-electron chi connectivity index (χ2n) is 7.38. The van der Waals surface area contributed by atoms with Gasteiger partial charge in [0.15, 0.2) is 5.84 Å². The summed E-state index contributed by atoms with van der Waals surface area (Å²) in [7, 11) is 0. The number of fused-ring (bicyclic) bond motifs is 1. The molecule has 6 heteroatoms. The van der Waals surface area contributed by atoms with Crippen LogP contribution >= 0.6 is 0 Å². The molecule has 1 aliphatic heterocycles. The van der Waals surface area contributed by atoms with Gasteiger partial charge >= 0.3 is 0 Å². The molecule has 1 aliphatic rings. The molecule has 32 heavy (non-hydrogen) atoms. The Morgan fingerprint density at radius 2 is 1.56 bits per heavy atom. The van der Waals surface area contributed by atoms with E-state index in [4.69, 9.17) is 14.5 Å². The fourth-order valence-electron chi connectivity index (χ4n) is 3.37. The highest BCUT2D eigenvalue weighted by Gasteiger charge is 2.18. The van der Waals surface area contributed by atoms with E-state index in [2.05, 4.69) is 17.5 Å². The molecule has 0 atom stereocenters. The average Bonchev–Trinajstić information content (AvgIpc) is 3.00. The van der Waals surface area contributed by atoms with Crippen molar-refractivity contribution in [2.24, 2.45) is 10.1 Å². The number of amidine groups is 1. The Bertz CT molecular complexity index is 1120. The second-order valence-corrected chi connectivity index (χ2v) is 7.38. The molecule has 0 bridgehead atoms. The van der Waals surface area contributed by atoms with Crippen molar-refractivity contribution >= 4 is 17.2 Å². The number of ether oxygens (including phenoxy) is 2. The van der Waals surface area contributed by atoms with Crippen LogP contribution in [0.2, 0.25) is 0 Å². The molecule has 5 nitrogen and oxygen atoms in total. The van der Waals surface area contributed by atoms with Crippen LogP contribution in [0.3, 0.4) is 0 Å². The lowest BCUT2D eigenvalue weighted by atomic mass is 10.0. The van der Waals surface area contributed by atoms with E-state index in [0.717, 1.165) is 52.4 Å². The minimum absolute atomic E-state index is 0.296. The maximum atomic E-state index is 13.4. The number of hydrogen-bond acceptors (Lipinski definition) is 5. The quantitative estimate of drug-likeness (QED) is 0.456. The van der Waals surface area contributed by atoms with Crippen LogP contribution in [0, 0.1) is 5.82 Å². The molecule has 0 aromatic heterocycles. The summed E-state index contributed by atoms with van der Waals surface area (Å²) in [5.41, 5.74) is 7.07. The molecular formula is C26H26FN3O2. The molecule has 0 spiro atoms. The second kappa shape index (κ2) is 10.1. The fourth-order valence-corrected chi connectivity index (χ4v) is 3.37. The lowest BCUT2D eigenvalue weighted by Gasteiger charge is -2.11. The van der Waals surface area contributed by atoms with Crippen LogP contribution in [0.1, 0.15) is 43.4 Å². The van der Waals surface area contributed by atoms with Crippen LogP contribution in [0.25, 0.3) is 0 Å². The third-order valence-electron chi connectivity index (χ3n) is 5.05. The Kier molecular flexibility index (Phi) is 6.80. The molecule has 0 unspecified atom stereocenters. The van der Waals surface area contributed by atoms with E-state index in [1.54, 1.807) is 12.1 Å². The van der Waals surface area contributed by atoms with E-state index in [-0.39, 0.29) is 5.82 Å². The minimum atomic E-state index is -0.296. The Labute approximate surface area is 187 Å². The van der Waals surface area contributed by atoms with Gasteiger partial charge in [-0.1, -0.05) is 13.3 Å². The number of benzene rings is 3. The van der Waals surface area contributed by atoms with Gasteiger partial charge in [0.25, 0.3) is 0 Å². The van der Waals surface area contributed by atoms with E-state index in [1.165, 1.54) is 12.1 Å². The van der Waals surface area contributed by atoms with Gasteiger partial charge in [0.1, 0.15) is 23.0 Å². The van der Waals surface area contributed by atoms with Gasteiger partial charge in [-0.15, -0.1) is 0 Å². The zero-order chi connectivity index (χ0) is 22.3. The van der Waals surface area contributed by atoms with E-state index >= 15 is 0 Å². The lowest BCUT2D eigenvalue weighted by Crippen LogP contribution is -2.19. The molecule has 4 rings (SSSR count). The fraction of sp³-hybridized carbons (Fsp3) is 0.231. The molecule has 164 valence electrons. The van der Waals surface area contributed by atoms with Crippen molar-refractivity contribution in [1.29, 1.82) is 0 Å². The van der Waals surface area contributed by atoms with Crippen LogP contribution in [-0.2, 0) is 0 Å². The average molecular weight is 432 g/mol. The Morgan fingerprint density at radius 1 is 0.844 bits per heavy atom. The highest BCUT2D eigenvalue weighted by atomic mass is 19.1. The first-order chi connectivity index (χ1) is 15.7. The van der Waals surface area contributed by atoms with Gasteiger partial charge in [0.2, 0.25) is 0 Å². The molecule has 1 N–H and O–H groups in total. The molecule has 0 aliphatic carbocycles. The number of aliphatic imine (C=N–C) groups is 1. The van der Waals surface area contributed by atoms with E-state index in [1.807, 2.05) is 49.4 Å². The number of unbranched alkanes of at least 4 members (excludes halogenated alkanes) is 1. The number of hydrogen-bond donors (Lipinski definition) is 1. The minimum Gasteiger partial charge on any atom is -0.494 e. The van der Waals surface area contributed by atoms with Gasteiger partial charge in [0, 0.05) is 16.7 Å². The summed E-state index contributed by atoms with van der Waals surface area (Å²) < 4.78 is 24.9. The van der Waals surface area contributed by atoms with Crippen molar-refractivity contribution in [1.82, 2.24) is 5.43 Å². The molecule has 3 aromatic carbocycles. The number of hydrazone groups is 1. The summed E-state index contributed by atoms with van der Waals surface area (Å²) >= 11 is 0. The van der Waals surface area contributed by atoms with E-state index in [9.17, 15) is 4.39 Å². The molecule has 0 saturated carbocycles. The molecule has 0 saturated heterocycles. The smallest absolute Gasteiger partial charge is 0.154 e. The molecule has 3 aromatic rings. The highest BCUT2D eigenvalue weighted by Crippen LogP contribution is 2.30. The number of halogens is 1. The van der Waals surface area contributed by atoms with Crippen LogP contribution in [0.15, 0.2) is 76.8 Å². The van der Waals surface area contributed by atoms with Crippen molar-refractivity contribution in [3.8, 4) is 11.5 Å². The first-order valence-corrected chi connectivity index (χ1v) is 10.9. The first-order valence-electron chi connectivity index (χ1n) is 10.9. The predicted molar refractivity (Wildman–Crippen MR) is 126 cm³/mol. The summed E-state index contributed by atoms with van der Waals surface area (Å²) in [4.78, 5) is 4.77. The monoisotopic (exact) mass is 431 g/mol. The largest absolute Gasteiger partial charge is 0.494 e. The zero-order valence-electron chi connectivity index (χ0n) is 18.3. The SMILES string of the molecule is CCCCOc1ccc(C2=NNC(c3ccc(F)cc3)=Nc3ccc(OCC)cc32)cc1. The summed E-state index contributed by atoms with van der Waals surface area (Å²) in [6.07, 6.45) is 2.12. The Balaban J connectivity index is 1.71. The highest BCUT2D eigenvalue weighted by molar-refractivity contribution is 6.18. The molecule has 0 radical (unpaired) electrons. The molecule has 0 amide bonds. The molecular weight excluding hydrogens is 405 g/mol. The first kappa shape index (κ1) is 21.6. The zero-order valence-corrected chi connectivity index (χ0v) is 18.3. The predicted octanol–water partition coefficient (Wildman–Crippen LogP) is 5.84. The van der Waals surface area contributed by atoms with E-state index < -0.39 is 0 Å². The summed E-state index contributed by atoms with van der Waals surface area (Å²) in [5.74, 6) is 1.83. The molecule has 1 heterocycles. The molecule has 0 fully saturated rings. The maximum Gasteiger partial charge on any atom is 0.154 e. The Morgan fingerprint density at radius 3 is 2.28 bits per heavy atom. The third-order valence-corrected chi connectivity index (χ3v) is 5.05. The van der Waals surface area contributed by atoms with Crippen molar-refractivity contribution in [2.75, 3.05) is 13.2 Å². The van der Waals surface area contributed by atoms with Crippen LogP contribution in [0.5, 0.6) is 11.5 Å². The normalized spacial score (nSPS) is 12.7. The number of nitrogens with zero attached hydrogens (tertiary/aromatic N) is 2. The van der Waals surface area contributed by atoms with Gasteiger partial charge in [-0.05, 0) is 80.1 Å². The van der Waals surface area contributed by atoms with E-state index in [0.29, 0.717) is 19.0 Å². The van der Waals surface area contributed by atoms with Crippen molar-refractivity contribution < 1.29 is 13.9 Å².